The molecule has 0 aromatic heterocycles. The van der Waals surface area contributed by atoms with E-state index in [0.717, 1.165) is 17.9 Å². The van der Waals surface area contributed by atoms with E-state index in [9.17, 15) is 5.11 Å². The molecular weight excluding hydrogens is 524 g/mol. The van der Waals surface area contributed by atoms with E-state index in [1.165, 1.54) is 0 Å². The van der Waals surface area contributed by atoms with Crippen molar-refractivity contribution in [2.24, 2.45) is 0 Å². The van der Waals surface area contributed by atoms with Crippen LogP contribution < -0.4 is 0 Å². The molecule has 0 unspecified atom stereocenters. The van der Waals surface area contributed by atoms with Gasteiger partial charge in [-0.15, -0.1) is 23.5 Å². The van der Waals surface area contributed by atoms with Gasteiger partial charge in [-0.2, -0.15) is 0 Å². The molecule has 0 radical (unpaired) electrons. The predicted molar refractivity (Wildman–Crippen MR) is 137 cm³/mol. The summed E-state index contributed by atoms with van der Waals surface area (Å²) >= 11 is 3.74. The van der Waals surface area contributed by atoms with E-state index in [0.29, 0.717) is 12.8 Å². The zero-order chi connectivity index (χ0) is 26.6. The van der Waals surface area contributed by atoms with E-state index in [2.05, 4.69) is 0 Å². The van der Waals surface area contributed by atoms with Crippen LogP contribution in [0.15, 0.2) is 0 Å². The van der Waals surface area contributed by atoms with Crippen molar-refractivity contribution in [1.82, 2.24) is 0 Å². The topological polar surface area (TPSA) is 103 Å². The van der Waals surface area contributed by atoms with Gasteiger partial charge in [0.2, 0.25) is 0 Å². The second-order valence-corrected chi connectivity index (χ2v) is 14.5. The maximum absolute atomic E-state index is 11.6. The van der Waals surface area contributed by atoms with Crippen LogP contribution in [0, 0.1) is 0 Å². The third kappa shape index (κ3) is 5.73. The molecule has 0 bridgehead atoms. The van der Waals surface area contributed by atoms with E-state index in [1.807, 2.05) is 51.2 Å². The van der Waals surface area contributed by atoms with E-state index in [4.69, 9.17) is 42.6 Å². The number of methoxy groups -OCH3 is 3. The number of hydrogen-bond acceptors (Lipinski definition) is 12. The number of fused-ring (bicyclic) bond motifs is 2. The number of aliphatic hydroxyl groups excluding tert-OH is 1. The van der Waals surface area contributed by atoms with Gasteiger partial charge in [0.25, 0.3) is 0 Å². The van der Waals surface area contributed by atoms with Gasteiger partial charge in [0.1, 0.15) is 36.6 Å². The van der Waals surface area contributed by atoms with E-state index < -0.39 is 42.5 Å². The Morgan fingerprint density at radius 3 is 1.76 bits per heavy atom. The highest BCUT2D eigenvalue weighted by atomic mass is 32.2. The molecule has 0 aliphatic carbocycles. The van der Waals surface area contributed by atoms with Crippen LogP contribution in [-0.4, -0.2) is 115 Å². The molecule has 0 spiro atoms. The van der Waals surface area contributed by atoms with Crippen molar-refractivity contribution < 1.29 is 47.7 Å². The molecule has 0 aromatic rings. The molecule has 37 heavy (non-hydrogen) atoms. The molecule has 0 amide bonds. The van der Waals surface area contributed by atoms with Crippen LogP contribution in [0.3, 0.4) is 0 Å². The Labute approximate surface area is 228 Å². The average molecular weight is 567 g/mol. The van der Waals surface area contributed by atoms with Crippen molar-refractivity contribution in [2.75, 3.05) is 32.8 Å². The summed E-state index contributed by atoms with van der Waals surface area (Å²) in [6.07, 6.45) is -2.26. The molecule has 5 aliphatic heterocycles. The van der Waals surface area contributed by atoms with Crippen LogP contribution in [0.25, 0.3) is 0 Å². The zero-order valence-corrected chi connectivity index (χ0v) is 24.4. The Bertz CT molecular complexity index is 793. The first-order valence-electron chi connectivity index (χ1n) is 13.1. The first kappa shape index (κ1) is 28.8. The van der Waals surface area contributed by atoms with Gasteiger partial charge < -0.3 is 47.7 Å². The molecule has 214 valence electrons. The van der Waals surface area contributed by atoms with Gasteiger partial charge in [-0.3, -0.25) is 0 Å². The minimum absolute atomic E-state index is 0.288. The smallest absolute Gasteiger partial charge is 0.186 e. The second kappa shape index (κ2) is 10.9. The molecule has 5 saturated heterocycles. The van der Waals surface area contributed by atoms with Crippen molar-refractivity contribution in [2.45, 2.75) is 124 Å². The molecule has 5 aliphatic rings. The molecule has 0 aromatic carbocycles. The third-order valence-electron chi connectivity index (χ3n) is 7.66. The third-order valence-corrected chi connectivity index (χ3v) is 11.1. The van der Waals surface area contributed by atoms with Gasteiger partial charge >= 0.3 is 0 Å². The summed E-state index contributed by atoms with van der Waals surface area (Å²) in [6.45, 7) is 7.55. The minimum atomic E-state index is -0.783. The molecule has 0 saturated carbocycles. The van der Waals surface area contributed by atoms with Crippen LogP contribution in [-0.2, 0) is 42.6 Å². The fraction of sp³-hybridized carbons (Fsp3) is 1.00. The Morgan fingerprint density at radius 1 is 0.757 bits per heavy atom. The summed E-state index contributed by atoms with van der Waals surface area (Å²) in [5.41, 5.74) is 0. The Kier molecular flexibility index (Phi) is 8.52. The number of hydrogen-bond donors (Lipinski definition) is 1. The predicted octanol–water partition coefficient (Wildman–Crippen LogP) is 2.49. The van der Waals surface area contributed by atoms with Crippen LogP contribution in [0.4, 0.5) is 0 Å². The highest BCUT2D eigenvalue weighted by molar-refractivity contribution is 8.18. The van der Waals surface area contributed by atoms with Crippen molar-refractivity contribution in [3.63, 3.8) is 0 Å². The molecule has 5 fully saturated rings. The lowest BCUT2D eigenvalue weighted by atomic mass is 9.96. The second-order valence-electron chi connectivity index (χ2n) is 11.3. The van der Waals surface area contributed by atoms with Crippen molar-refractivity contribution in [1.29, 1.82) is 0 Å². The van der Waals surface area contributed by atoms with Crippen molar-refractivity contribution >= 4 is 23.5 Å². The van der Waals surface area contributed by atoms with Crippen molar-refractivity contribution in [3.8, 4) is 0 Å². The van der Waals surface area contributed by atoms with E-state index in [1.54, 1.807) is 21.3 Å². The SMILES string of the molecule is CO[C@H]1O[C@H]([C@H](O)CC2(C[C@@H](OC)[C@H]3O[C@H](OC)[C@H]4OC(C)(C)O[C@H]43)SCCCS2)[C@@H]2OC(C)(C)O[C@H]12. The molecule has 12 heteroatoms. The highest BCUT2D eigenvalue weighted by Crippen LogP contribution is 2.52. The maximum Gasteiger partial charge on any atom is 0.186 e. The maximum atomic E-state index is 11.6. The fourth-order valence-electron chi connectivity index (χ4n) is 6.18. The van der Waals surface area contributed by atoms with Gasteiger partial charge in [-0.05, 0) is 52.0 Å². The van der Waals surface area contributed by atoms with Crippen LogP contribution in [0.1, 0.15) is 47.0 Å². The number of thioether (sulfide) groups is 2. The first-order valence-corrected chi connectivity index (χ1v) is 15.0. The summed E-state index contributed by atoms with van der Waals surface area (Å²) in [5.74, 6) is 0.532. The quantitative estimate of drug-likeness (QED) is 0.444. The van der Waals surface area contributed by atoms with Crippen LogP contribution >= 0.6 is 23.5 Å². The van der Waals surface area contributed by atoms with Gasteiger partial charge in [0, 0.05) is 27.8 Å². The van der Waals surface area contributed by atoms with Gasteiger partial charge in [-0.25, -0.2) is 0 Å². The van der Waals surface area contributed by atoms with Crippen LogP contribution in [0.5, 0.6) is 0 Å². The molecule has 10 nitrogen and oxygen atoms in total. The van der Waals surface area contributed by atoms with Gasteiger partial charge in [0.05, 0.1) is 16.3 Å². The number of rotatable bonds is 9. The monoisotopic (exact) mass is 566 g/mol. The lowest BCUT2D eigenvalue weighted by molar-refractivity contribution is -0.239. The summed E-state index contributed by atoms with van der Waals surface area (Å²) < 4.78 is 53.7. The lowest BCUT2D eigenvalue weighted by Gasteiger charge is -2.42. The van der Waals surface area contributed by atoms with Crippen LogP contribution in [0.2, 0.25) is 0 Å². The Hall–Kier alpha value is 0.300. The molecule has 5 heterocycles. The molecule has 1 N–H and O–H groups in total. The first-order chi connectivity index (χ1) is 17.5. The Morgan fingerprint density at radius 2 is 1.24 bits per heavy atom. The van der Waals surface area contributed by atoms with E-state index >= 15 is 0 Å². The number of ether oxygens (including phenoxy) is 9. The zero-order valence-electron chi connectivity index (χ0n) is 22.7. The summed E-state index contributed by atoms with van der Waals surface area (Å²) in [5, 5.41) is 11.6. The van der Waals surface area contributed by atoms with Crippen molar-refractivity contribution in [3.05, 3.63) is 0 Å². The number of aliphatic hydroxyl groups is 1. The van der Waals surface area contributed by atoms with Gasteiger partial charge in [0.15, 0.2) is 24.2 Å². The molecular formula is C25H42O10S2. The average Bonchev–Trinajstić information content (AvgIpc) is 3.53. The molecule has 10 atom stereocenters. The lowest BCUT2D eigenvalue weighted by Crippen LogP contribution is -2.47. The van der Waals surface area contributed by atoms with Gasteiger partial charge in [-0.1, -0.05) is 0 Å². The Balaban J connectivity index is 1.33. The summed E-state index contributed by atoms with van der Waals surface area (Å²) in [7, 11) is 4.90. The highest BCUT2D eigenvalue weighted by Gasteiger charge is 2.60. The summed E-state index contributed by atoms with van der Waals surface area (Å²) in [4.78, 5) is 0. The minimum Gasteiger partial charge on any atom is -0.390 e. The largest absolute Gasteiger partial charge is 0.390 e. The normalized spacial score (nSPS) is 43.5. The standard InChI is InChI=1S/C25H42O10S2/c1-23(2)32-17-15(30-21(28-6)19(17)34-23)13(26)11-25(36-9-8-10-37-25)12-14(27-5)16-18-20(22(29-7)31-16)35-24(3,4)33-18/h13-22,26H,8-12H2,1-7H3/t13-,14-,15-,16-,17+,18+,19+,20+,21+,22+/m1/s1. The van der Waals surface area contributed by atoms with E-state index in [-0.39, 0.29) is 34.6 Å². The summed E-state index contributed by atoms with van der Waals surface area (Å²) in [6, 6.07) is 0. The fourth-order valence-corrected chi connectivity index (χ4v) is 9.66. The molecule has 5 rings (SSSR count).